The van der Waals surface area contributed by atoms with Crippen LogP contribution in [0.25, 0.3) is 10.2 Å². The molecule has 0 bridgehead atoms. The van der Waals surface area contributed by atoms with Gasteiger partial charge in [-0.15, -0.1) is 11.3 Å². The second-order valence-corrected chi connectivity index (χ2v) is 8.96. The molecule has 0 aliphatic carbocycles. The summed E-state index contributed by atoms with van der Waals surface area (Å²) in [6.45, 7) is 1.75. The maximum Gasteiger partial charge on any atom is 0.416 e. The third-order valence-electron chi connectivity index (χ3n) is 5.14. The molecule has 6 nitrogen and oxygen atoms in total. The lowest BCUT2D eigenvalue weighted by Crippen LogP contribution is -2.49. The minimum atomic E-state index is -4.38. The zero-order valence-electron chi connectivity index (χ0n) is 16.6. The van der Waals surface area contributed by atoms with Gasteiger partial charge in [0.25, 0.3) is 5.56 Å². The zero-order chi connectivity index (χ0) is 22.2. The zero-order valence-corrected chi connectivity index (χ0v) is 18.2. The number of aromatic nitrogens is 2. The van der Waals surface area contributed by atoms with Crippen LogP contribution in [0.2, 0.25) is 0 Å². The Hall–Kier alpha value is -2.53. The number of rotatable bonds is 4. The van der Waals surface area contributed by atoms with Crippen molar-refractivity contribution in [3.63, 3.8) is 0 Å². The number of nitrogens with zero attached hydrogens (tertiary/aromatic N) is 4. The van der Waals surface area contributed by atoms with Crippen LogP contribution in [0.5, 0.6) is 0 Å². The van der Waals surface area contributed by atoms with Gasteiger partial charge in [-0.1, -0.05) is 17.8 Å². The summed E-state index contributed by atoms with van der Waals surface area (Å²) in [7, 11) is 1.63. The van der Waals surface area contributed by atoms with Crippen LogP contribution >= 0.6 is 23.1 Å². The van der Waals surface area contributed by atoms with E-state index < -0.39 is 11.7 Å². The fourth-order valence-corrected chi connectivity index (χ4v) is 5.09. The number of benzene rings is 1. The summed E-state index contributed by atoms with van der Waals surface area (Å²) in [5.74, 6) is 0.0489. The van der Waals surface area contributed by atoms with E-state index in [1.807, 2.05) is 10.3 Å². The average Bonchev–Trinajstić information content (AvgIpc) is 3.23. The van der Waals surface area contributed by atoms with Gasteiger partial charge in [0.2, 0.25) is 5.91 Å². The summed E-state index contributed by atoms with van der Waals surface area (Å²) in [5, 5.41) is 2.29. The van der Waals surface area contributed by atoms with Crippen molar-refractivity contribution >= 4 is 44.9 Å². The molecule has 3 heterocycles. The predicted octanol–water partition coefficient (Wildman–Crippen LogP) is 3.45. The first-order chi connectivity index (χ1) is 14.7. The van der Waals surface area contributed by atoms with E-state index in [2.05, 4.69) is 4.98 Å². The Kier molecular flexibility index (Phi) is 5.98. The van der Waals surface area contributed by atoms with E-state index in [9.17, 15) is 22.8 Å². The number of alkyl halides is 3. The van der Waals surface area contributed by atoms with E-state index in [0.29, 0.717) is 47.2 Å². The molecule has 11 heteroatoms. The number of halogens is 3. The van der Waals surface area contributed by atoms with Crippen molar-refractivity contribution in [2.24, 2.45) is 7.05 Å². The molecule has 1 aliphatic heterocycles. The number of hydrogen-bond donors (Lipinski definition) is 0. The molecule has 3 aromatic rings. The van der Waals surface area contributed by atoms with E-state index in [1.54, 1.807) is 24.1 Å². The van der Waals surface area contributed by atoms with Gasteiger partial charge in [0.05, 0.1) is 16.8 Å². The molecule has 0 saturated carbocycles. The van der Waals surface area contributed by atoms with Gasteiger partial charge < -0.3 is 9.80 Å². The average molecular weight is 469 g/mol. The summed E-state index contributed by atoms with van der Waals surface area (Å²) in [6.07, 6.45) is -4.38. The van der Waals surface area contributed by atoms with E-state index >= 15 is 0 Å². The van der Waals surface area contributed by atoms with E-state index in [1.165, 1.54) is 33.7 Å². The van der Waals surface area contributed by atoms with Crippen LogP contribution in [0.15, 0.2) is 45.7 Å². The van der Waals surface area contributed by atoms with Crippen LogP contribution in [0, 0.1) is 0 Å². The molecule has 1 amide bonds. The van der Waals surface area contributed by atoms with Crippen molar-refractivity contribution in [3.8, 4) is 0 Å². The monoisotopic (exact) mass is 468 g/mol. The highest BCUT2D eigenvalue weighted by Gasteiger charge is 2.31. The topological polar surface area (TPSA) is 58.4 Å². The minimum absolute atomic E-state index is 0.0895. The smallest absolute Gasteiger partial charge is 0.368 e. The summed E-state index contributed by atoms with van der Waals surface area (Å²) in [5.41, 5.74) is 0.308. The molecule has 1 fully saturated rings. The molecule has 0 N–H and O–H groups in total. The van der Waals surface area contributed by atoms with Crippen molar-refractivity contribution in [2.45, 2.75) is 11.3 Å². The number of thioether (sulfide) groups is 1. The van der Waals surface area contributed by atoms with E-state index in [4.69, 9.17) is 0 Å². The van der Waals surface area contributed by atoms with Crippen LogP contribution in [0.1, 0.15) is 5.56 Å². The highest BCUT2D eigenvalue weighted by Crippen LogP contribution is 2.32. The molecule has 0 atom stereocenters. The summed E-state index contributed by atoms with van der Waals surface area (Å²) in [4.78, 5) is 33.0. The Bertz CT molecular complexity index is 1170. The van der Waals surface area contributed by atoms with Gasteiger partial charge in [0.1, 0.15) is 4.70 Å². The Morgan fingerprint density at radius 3 is 2.65 bits per heavy atom. The standard InChI is InChI=1S/C20H19F3N4O2S2/c1-25-18(29)17-15(5-10-30-17)24-19(25)31-12-16(28)27-8-6-26(7-9-27)14-4-2-3-13(11-14)20(21,22)23/h2-5,10-11H,6-9,12H2,1H3. The molecule has 31 heavy (non-hydrogen) atoms. The third kappa shape index (κ3) is 4.57. The molecular formula is C20H19F3N4O2S2. The number of carbonyl (C=O) groups excluding carboxylic acids is 1. The van der Waals surface area contributed by atoms with Crippen LogP contribution in [-0.4, -0.2) is 52.3 Å². The van der Waals surface area contributed by atoms with Gasteiger partial charge in [0, 0.05) is 38.9 Å². The second kappa shape index (κ2) is 8.54. The Labute approximate surface area is 184 Å². The quantitative estimate of drug-likeness (QED) is 0.434. The van der Waals surface area contributed by atoms with Crippen molar-refractivity contribution in [2.75, 3.05) is 36.8 Å². The fourth-order valence-electron chi connectivity index (χ4n) is 3.41. The molecule has 0 unspecified atom stereocenters. The molecule has 164 valence electrons. The fraction of sp³-hybridized carbons (Fsp3) is 0.350. The van der Waals surface area contributed by atoms with E-state index in [0.717, 1.165) is 12.1 Å². The normalized spacial score (nSPS) is 15.0. The highest BCUT2D eigenvalue weighted by molar-refractivity contribution is 7.99. The number of piperazine rings is 1. The lowest BCUT2D eigenvalue weighted by Gasteiger charge is -2.36. The predicted molar refractivity (Wildman–Crippen MR) is 116 cm³/mol. The lowest BCUT2D eigenvalue weighted by molar-refractivity contribution is -0.137. The van der Waals surface area contributed by atoms with Gasteiger partial charge >= 0.3 is 6.18 Å². The van der Waals surface area contributed by atoms with Crippen LogP contribution in [0.4, 0.5) is 18.9 Å². The largest absolute Gasteiger partial charge is 0.416 e. The molecule has 1 aliphatic rings. The minimum Gasteiger partial charge on any atom is -0.368 e. The van der Waals surface area contributed by atoms with E-state index in [-0.39, 0.29) is 17.2 Å². The summed E-state index contributed by atoms with van der Waals surface area (Å²) >= 11 is 2.55. The van der Waals surface area contributed by atoms with Crippen molar-refractivity contribution in [1.29, 1.82) is 0 Å². The van der Waals surface area contributed by atoms with Crippen LogP contribution in [-0.2, 0) is 18.0 Å². The highest BCUT2D eigenvalue weighted by atomic mass is 32.2. The number of anilines is 1. The maximum absolute atomic E-state index is 12.9. The van der Waals surface area contributed by atoms with Gasteiger partial charge in [-0.3, -0.25) is 14.2 Å². The Morgan fingerprint density at radius 1 is 1.19 bits per heavy atom. The summed E-state index contributed by atoms with van der Waals surface area (Å²) in [6, 6.07) is 7.01. The first-order valence-corrected chi connectivity index (χ1v) is 11.4. The molecular weight excluding hydrogens is 449 g/mol. The first kappa shape index (κ1) is 21.7. The number of fused-ring (bicyclic) bond motifs is 1. The molecule has 2 aromatic heterocycles. The van der Waals surface area contributed by atoms with Crippen molar-refractivity contribution < 1.29 is 18.0 Å². The van der Waals surface area contributed by atoms with Crippen LogP contribution < -0.4 is 10.5 Å². The third-order valence-corrected chi connectivity index (χ3v) is 7.05. The second-order valence-electron chi connectivity index (χ2n) is 7.10. The molecule has 1 aromatic carbocycles. The Morgan fingerprint density at radius 2 is 1.94 bits per heavy atom. The SMILES string of the molecule is Cn1c(SCC(=O)N2CCN(c3cccc(C(F)(F)F)c3)CC2)nc2ccsc2c1=O. The molecule has 1 saturated heterocycles. The summed E-state index contributed by atoms with van der Waals surface area (Å²) < 4.78 is 40.9. The Balaban J connectivity index is 1.36. The first-order valence-electron chi connectivity index (χ1n) is 9.51. The number of carbonyl (C=O) groups is 1. The molecule has 0 spiro atoms. The maximum atomic E-state index is 12.9. The lowest BCUT2D eigenvalue weighted by atomic mass is 10.1. The number of thiophene rings is 1. The van der Waals surface area contributed by atoms with Gasteiger partial charge in [-0.2, -0.15) is 13.2 Å². The van der Waals surface area contributed by atoms with Gasteiger partial charge in [0.15, 0.2) is 5.16 Å². The van der Waals surface area contributed by atoms with Gasteiger partial charge in [-0.25, -0.2) is 4.98 Å². The van der Waals surface area contributed by atoms with Crippen molar-refractivity contribution in [3.05, 3.63) is 51.6 Å². The van der Waals surface area contributed by atoms with Crippen LogP contribution in [0.3, 0.4) is 0 Å². The number of hydrogen-bond acceptors (Lipinski definition) is 6. The van der Waals surface area contributed by atoms with Gasteiger partial charge in [-0.05, 0) is 29.6 Å². The molecule has 4 rings (SSSR count). The van der Waals surface area contributed by atoms with Crippen molar-refractivity contribution in [1.82, 2.24) is 14.5 Å². The number of amides is 1. The molecule has 0 radical (unpaired) electrons.